The van der Waals surface area contributed by atoms with Crippen molar-refractivity contribution in [2.45, 2.75) is 26.3 Å². The van der Waals surface area contributed by atoms with E-state index in [0.717, 1.165) is 12.0 Å². The Morgan fingerprint density at radius 3 is 2.68 bits per heavy atom. The standard InChI is InChI=1S/C16H20Cl2N2O2/c1-3-20(10-11-4-5-13(17)14(18)8-11)16(22)12-6-7-19(2)15(21)9-12/h4-5,8,12H,3,6-7,9-10H2,1-2H3/t12-/m0/s1. The molecule has 0 saturated carbocycles. The first-order valence-electron chi connectivity index (χ1n) is 7.39. The topological polar surface area (TPSA) is 40.6 Å². The van der Waals surface area contributed by atoms with Gasteiger partial charge in [-0.25, -0.2) is 0 Å². The Bertz CT molecular complexity index is 577. The van der Waals surface area contributed by atoms with Gasteiger partial charge >= 0.3 is 0 Å². The maximum absolute atomic E-state index is 12.6. The van der Waals surface area contributed by atoms with Gasteiger partial charge < -0.3 is 9.80 Å². The van der Waals surface area contributed by atoms with Crippen molar-refractivity contribution in [3.8, 4) is 0 Å². The Hall–Kier alpha value is -1.26. The lowest BCUT2D eigenvalue weighted by Gasteiger charge is -2.32. The number of rotatable bonds is 4. The Morgan fingerprint density at radius 1 is 1.36 bits per heavy atom. The van der Waals surface area contributed by atoms with Crippen LogP contribution in [-0.2, 0) is 16.1 Å². The van der Waals surface area contributed by atoms with E-state index in [2.05, 4.69) is 0 Å². The molecule has 0 spiro atoms. The minimum atomic E-state index is -0.216. The maximum atomic E-state index is 12.6. The zero-order valence-corrected chi connectivity index (χ0v) is 14.3. The fourth-order valence-corrected chi connectivity index (χ4v) is 2.94. The van der Waals surface area contributed by atoms with E-state index in [1.54, 1.807) is 29.0 Å². The highest BCUT2D eigenvalue weighted by Crippen LogP contribution is 2.25. The summed E-state index contributed by atoms with van der Waals surface area (Å²) in [6.45, 7) is 3.65. The second-order valence-corrected chi connectivity index (χ2v) is 6.42. The fourth-order valence-electron chi connectivity index (χ4n) is 2.62. The van der Waals surface area contributed by atoms with Crippen molar-refractivity contribution < 1.29 is 9.59 Å². The molecule has 0 bridgehead atoms. The highest BCUT2D eigenvalue weighted by Gasteiger charge is 2.31. The van der Waals surface area contributed by atoms with Gasteiger partial charge in [0.25, 0.3) is 0 Å². The van der Waals surface area contributed by atoms with Gasteiger partial charge in [0, 0.05) is 39.0 Å². The minimum Gasteiger partial charge on any atom is -0.346 e. The molecule has 1 atom stereocenters. The first-order valence-corrected chi connectivity index (χ1v) is 8.14. The molecule has 1 aromatic rings. The van der Waals surface area contributed by atoms with E-state index in [1.165, 1.54) is 0 Å². The molecule has 6 heteroatoms. The molecule has 1 aliphatic heterocycles. The van der Waals surface area contributed by atoms with E-state index in [1.807, 2.05) is 13.0 Å². The zero-order valence-electron chi connectivity index (χ0n) is 12.8. The van der Waals surface area contributed by atoms with Crippen LogP contribution < -0.4 is 0 Å². The quantitative estimate of drug-likeness (QED) is 0.842. The van der Waals surface area contributed by atoms with Crippen molar-refractivity contribution in [1.82, 2.24) is 9.80 Å². The average molecular weight is 343 g/mol. The molecule has 0 aromatic heterocycles. The molecule has 1 heterocycles. The Balaban J connectivity index is 2.05. The molecule has 1 aromatic carbocycles. The van der Waals surface area contributed by atoms with Crippen molar-refractivity contribution in [3.63, 3.8) is 0 Å². The number of benzene rings is 1. The van der Waals surface area contributed by atoms with Crippen LogP contribution in [0.15, 0.2) is 18.2 Å². The van der Waals surface area contributed by atoms with Crippen LogP contribution in [-0.4, -0.2) is 41.8 Å². The van der Waals surface area contributed by atoms with Crippen LogP contribution in [0.2, 0.25) is 10.0 Å². The summed E-state index contributed by atoms with van der Waals surface area (Å²) >= 11 is 11.9. The lowest BCUT2D eigenvalue weighted by Crippen LogP contribution is -2.43. The highest BCUT2D eigenvalue weighted by molar-refractivity contribution is 6.42. The first kappa shape index (κ1) is 17.1. The van der Waals surface area contributed by atoms with Crippen LogP contribution in [0.1, 0.15) is 25.3 Å². The molecular weight excluding hydrogens is 323 g/mol. The molecule has 22 heavy (non-hydrogen) atoms. The minimum absolute atomic E-state index is 0.0371. The second-order valence-electron chi connectivity index (χ2n) is 5.61. The van der Waals surface area contributed by atoms with E-state index in [0.29, 0.717) is 36.1 Å². The molecule has 2 rings (SSSR count). The smallest absolute Gasteiger partial charge is 0.226 e. The van der Waals surface area contributed by atoms with Crippen molar-refractivity contribution in [2.24, 2.45) is 5.92 Å². The third kappa shape index (κ3) is 3.93. The van der Waals surface area contributed by atoms with Gasteiger partial charge in [0.1, 0.15) is 0 Å². The summed E-state index contributed by atoms with van der Waals surface area (Å²) in [5.41, 5.74) is 0.934. The van der Waals surface area contributed by atoms with Gasteiger partial charge in [0.15, 0.2) is 0 Å². The van der Waals surface area contributed by atoms with Crippen molar-refractivity contribution >= 4 is 35.0 Å². The van der Waals surface area contributed by atoms with Gasteiger partial charge in [-0.2, -0.15) is 0 Å². The van der Waals surface area contributed by atoms with Gasteiger partial charge in [-0.05, 0) is 31.0 Å². The van der Waals surface area contributed by atoms with Crippen molar-refractivity contribution in [2.75, 3.05) is 20.1 Å². The molecule has 1 saturated heterocycles. The van der Waals surface area contributed by atoms with Gasteiger partial charge in [0.05, 0.1) is 10.0 Å². The number of hydrogen-bond acceptors (Lipinski definition) is 2. The van der Waals surface area contributed by atoms with Gasteiger partial charge in [-0.15, -0.1) is 0 Å². The summed E-state index contributed by atoms with van der Waals surface area (Å²) in [5, 5.41) is 0.984. The number of carbonyl (C=O) groups excluding carboxylic acids is 2. The number of halogens is 2. The lowest BCUT2D eigenvalue weighted by atomic mass is 9.95. The predicted octanol–water partition coefficient (Wildman–Crippen LogP) is 3.21. The number of likely N-dealkylation sites (tertiary alicyclic amines) is 1. The SMILES string of the molecule is CCN(Cc1ccc(Cl)c(Cl)c1)C(=O)[C@H]1CCN(C)C(=O)C1. The van der Waals surface area contributed by atoms with E-state index in [9.17, 15) is 9.59 Å². The summed E-state index contributed by atoms with van der Waals surface area (Å²) in [4.78, 5) is 27.9. The van der Waals surface area contributed by atoms with E-state index in [-0.39, 0.29) is 17.7 Å². The summed E-state index contributed by atoms with van der Waals surface area (Å²) in [6.07, 6.45) is 1.02. The molecule has 1 fully saturated rings. The van der Waals surface area contributed by atoms with Crippen LogP contribution in [0, 0.1) is 5.92 Å². The summed E-state index contributed by atoms with van der Waals surface area (Å²) in [7, 11) is 1.77. The van der Waals surface area contributed by atoms with E-state index in [4.69, 9.17) is 23.2 Å². The summed E-state index contributed by atoms with van der Waals surface area (Å²) in [6, 6.07) is 5.38. The number of amides is 2. The highest BCUT2D eigenvalue weighted by atomic mass is 35.5. The monoisotopic (exact) mass is 342 g/mol. The Labute approximate surface area is 141 Å². The van der Waals surface area contributed by atoms with Crippen molar-refractivity contribution in [1.29, 1.82) is 0 Å². The third-order valence-corrected chi connectivity index (χ3v) is 4.80. The molecule has 4 nitrogen and oxygen atoms in total. The molecule has 0 aliphatic carbocycles. The normalized spacial score (nSPS) is 18.5. The largest absolute Gasteiger partial charge is 0.346 e. The molecule has 1 aliphatic rings. The summed E-state index contributed by atoms with van der Waals surface area (Å²) in [5.74, 6) is -0.142. The number of hydrogen-bond donors (Lipinski definition) is 0. The second kappa shape index (κ2) is 7.34. The lowest BCUT2D eigenvalue weighted by molar-refractivity contribution is -0.144. The number of carbonyl (C=O) groups is 2. The van der Waals surface area contributed by atoms with Crippen LogP contribution in [0.25, 0.3) is 0 Å². The maximum Gasteiger partial charge on any atom is 0.226 e. The van der Waals surface area contributed by atoms with Crippen LogP contribution in [0.3, 0.4) is 0 Å². The van der Waals surface area contributed by atoms with Crippen LogP contribution >= 0.6 is 23.2 Å². The predicted molar refractivity (Wildman–Crippen MR) is 87.9 cm³/mol. The third-order valence-electron chi connectivity index (χ3n) is 4.06. The van der Waals surface area contributed by atoms with Gasteiger partial charge in [0.2, 0.25) is 11.8 Å². The molecule has 0 N–H and O–H groups in total. The zero-order chi connectivity index (χ0) is 16.3. The molecular formula is C16H20Cl2N2O2. The van der Waals surface area contributed by atoms with Gasteiger partial charge in [-0.1, -0.05) is 29.3 Å². The van der Waals surface area contributed by atoms with E-state index >= 15 is 0 Å². The Kier molecular flexibility index (Phi) is 5.70. The van der Waals surface area contributed by atoms with Gasteiger partial charge in [-0.3, -0.25) is 9.59 Å². The van der Waals surface area contributed by atoms with Crippen LogP contribution in [0.5, 0.6) is 0 Å². The fraction of sp³-hybridized carbons (Fsp3) is 0.500. The van der Waals surface area contributed by atoms with E-state index < -0.39 is 0 Å². The molecule has 120 valence electrons. The average Bonchev–Trinajstić information content (AvgIpc) is 2.50. The number of nitrogens with zero attached hydrogens (tertiary/aromatic N) is 2. The van der Waals surface area contributed by atoms with Crippen molar-refractivity contribution in [3.05, 3.63) is 33.8 Å². The molecule has 0 radical (unpaired) electrons. The molecule has 2 amide bonds. The molecule has 0 unspecified atom stereocenters. The Morgan fingerprint density at radius 2 is 2.09 bits per heavy atom. The first-order chi connectivity index (χ1) is 10.4. The van der Waals surface area contributed by atoms with Crippen LogP contribution in [0.4, 0.5) is 0 Å². The summed E-state index contributed by atoms with van der Waals surface area (Å²) < 4.78 is 0. The number of piperidine rings is 1.